The number of hydrogen-bond donors (Lipinski definition) is 0. The number of rotatable bonds is 5. The van der Waals surface area contributed by atoms with Crippen LogP contribution in [0.5, 0.6) is 0 Å². The predicted molar refractivity (Wildman–Crippen MR) is 190 cm³/mol. The van der Waals surface area contributed by atoms with Crippen LogP contribution in [0.4, 0.5) is 0 Å². The van der Waals surface area contributed by atoms with Crippen molar-refractivity contribution in [3.8, 4) is 50.6 Å². The molecule has 0 N–H and O–H groups in total. The minimum Gasteiger partial charge on any atom is -0.327 e. The van der Waals surface area contributed by atoms with Gasteiger partial charge in [0.2, 0.25) is 0 Å². The normalized spacial score (nSPS) is 11.7. The fraction of sp³-hybridized carbons (Fsp3) is 0.0256. The van der Waals surface area contributed by atoms with Crippen LogP contribution in [0.2, 0.25) is 0 Å². The molecule has 0 bridgehead atoms. The molecule has 0 radical (unpaired) electrons. The highest BCUT2D eigenvalue weighted by atomic mass is 32.1. The maximum absolute atomic E-state index is 5.02. The van der Waals surface area contributed by atoms with Gasteiger partial charge in [0.05, 0.1) is 27.8 Å². The molecule has 5 heterocycles. The Balaban J connectivity index is 1.24. The Kier molecular flexibility index (Phi) is 6.04. The first-order valence-electron chi connectivity index (χ1n) is 14.8. The molecule has 0 saturated heterocycles. The van der Waals surface area contributed by atoms with Crippen molar-refractivity contribution in [1.82, 2.24) is 19.1 Å². The van der Waals surface area contributed by atoms with E-state index in [1.807, 2.05) is 12.3 Å². The van der Waals surface area contributed by atoms with Crippen molar-refractivity contribution in [3.05, 3.63) is 137 Å². The second-order valence-corrected chi connectivity index (χ2v) is 12.8. The largest absolute Gasteiger partial charge is 0.327 e. The van der Waals surface area contributed by atoms with Gasteiger partial charge < -0.3 is 9.13 Å². The van der Waals surface area contributed by atoms with Crippen LogP contribution in [0.1, 0.15) is 0 Å². The Labute approximate surface area is 268 Å². The minimum absolute atomic E-state index is 0.955. The standard InChI is InChI=1S/C39H26N4S2/c1-42-37-8-3-2-7-35(37)41-39(42)27-9-12-32-33-20-25(29-15-17-44-23-29)11-14-36(33)43(38(32)21-27)31-6-4-5-26(19-31)34-13-10-28(22-40-34)30-16-18-45-24-30/h2-24H,1H3. The van der Waals surface area contributed by atoms with E-state index < -0.39 is 0 Å². The summed E-state index contributed by atoms with van der Waals surface area (Å²) >= 11 is 3.43. The third kappa shape index (κ3) is 4.33. The summed E-state index contributed by atoms with van der Waals surface area (Å²) in [4.78, 5) is 9.88. The lowest BCUT2D eigenvalue weighted by Gasteiger charge is -2.11. The average molecular weight is 615 g/mol. The highest BCUT2D eigenvalue weighted by Crippen LogP contribution is 2.38. The summed E-state index contributed by atoms with van der Waals surface area (Å²) in [5.74, 6) is 0.956. The predicted octanol–water partition coefficient (Wildman–Crippen LogP) is 10.9. The molecule has 4 aromatic carbocycles. The van der Waals surface area contributed by atoms with E-state index in [0.717, 1.165) is 50.4 Å². The molecule has 0 aliphatic rings. The van der Waals surface area contributed by atoms with Crippen molar-refractivity contribution in [3.63, 3.8) is 0 Å². The highest BCUT2D eigenvalue weighted by molar-refractivity contribution is 7.08. The van der Waals surface area contributed by atoms with E-state index in [1.165, 1.54) is 33.0 Å². The minimum atomic E-state index is 0.955. The van der Waals surface area contributed by atoms with Crippen LogP contribution < -0.4 is 0 Å². The van der Waals surface area contributed by atoms with Gasteiger partial charge in [-0.1, -0.05) is 48.5 Å². The summed E-state index contributed by atoms with van der Waals surface area (Å²) < 4.78 is 4.57. The fourth-order valence-electron chi connectivity index (χ4n) is 6.42. The van der Waals surface area contributed by atoms with Gasteiger partial charge in [-0.2, -0.15) is 22.7 Å². The maximum atomic E-state index is 5.02. The van der Waals surface area contributed by atoms with E-state index in [2.05, 4.69) is 141 Å². The molecule has 9 rings (SSSR count). The molecule has 0 aliphatic heterocycles. The lowest BCUT2D eigenvalue weighted by Crippen LogP contribution is -1.96. The highest BCUT2D eigenvalue weighted by Gasteiger charge is 2.17. The molecule has 0 unspecified atom stereocenters. The Hall–Kier alpha value is -5.30. The monoisotopic (exact) mass is 614 g/mol. The van der Waals surface area contributed by atoms with Gasteiger partial charge in [-0.05, 0) is 98.9 Å². The number of pyridine rings is 1. The van der Waals surface area contributed by atoms with E-state index >= 15 is 0 Å². The van der Waals surface area contributed by atoms with Crippen LogP contribution in [0.15, 0.2) is 137 Å². The first-order chi connectivity index (χ1) is 22.2. The second kappa shape index (κ2) is 10.4. The van der Waals surface area contributed by atoms with E-state index in [-0.39, 0.29) is 0 Å². The first-order valence-corrected chi connectivity index (χ1v) is 16.7. The van der Waals surface area contributed by atoms with E-state index in [9.17, 15) is 0 Å². The number of aryl methyl sites for hydroxylation is 1. The summed E-state index contributed by atoms with van der Waals surface area (Å²) in [7, 11) is 2.09. The van der Waals surface area contributed by atoms with Crippen LogP contribution in [-0.2, 0) is 7.05 Å². The van der Waals surface area contributed by atoms with Crippen molar-refractivity contribution < 1.29 is 0 Å². The van der Waals surface area contributed by atoms with E-state index in [4.69, 9.17) is 9.97 Å². The molecule has 4 nitrogen and oxygen atoms in total. The fourth-order valence-corrected chi connectivity index (χ4v) is 7.75. The van der Waals surface area contributed by atoms with Crippen molar-refractivity contribution in [2.75, 3.05) is 0 Å². The number of benzene rings is 4. The number of nitrogens with zero attached hydrogens (tertiary/aromatic N) is 4. The third-order valence-electron chi connectivity index (χ3n) is 8.68. The second-order valence-electron chi connectivity index (χ2n) is 11.3. The lowest BCUT2D eigenvalue weighted by molar-refractivity contribution is 0.959. The Morgan fingerprint density at radius 3 is 2.13 bits per heavy atom. The molecule has 6 heteroatoms. The number of imidazole rings is 1. The molecule has 214 valence electrons. The van der Waals surface area contributed by atoms with Crippen molar-refractivity contribution in [2.24, 2.45) is 7.05 Å². The maximum Gasteiger partial charge on any atom is 0.140 e. The lowest BCUT2D eigenvalue weighted by atomic mass is 10.0. The summed E-state index contributed by atoms with van der Waals surface area (Å²) in [5.41, 5.74) is 13.5. The van der Waals surface area contributed by atoms with Gasteiger partial charge in [0.1, 0.15) is 5.82 Å². The summed E-state index contributed by atoms with van der Waals surface area (Å²) in [6, 6.07) is 39.2. The van der Waals surface area contributed by atoms with Crippen molar-refractivity contribution in [2.45, 2.75) is 0 Å². The topological polar surface area (TPSA) is 35.6 Å². The molecule has 0 atom stereocenters. The molecule has 0 fully saturated rings. The number of thiophene rings is 2. The Bertz CT molecular complexity index is 2480. The van der Waals surface area contributed by atoms with Crippen LogP contribution in [0, 0.1) is 0 Å². The quantitative estimate of drug-likeness (QED) is 0.193. The third-order valence-corrected chi connectivity index (χ3v) is 10.1. The van der Waals surface area contributed by atoms with Crippen LogP contribution in [-0.4, -0.2) is 19.1 Å². The molecular formula is C39H26N4S2. The molecule has 0 aliphatic carbocycles. The molecule has 45 heavy (non-hydrogen) atoms. The van der Waals surface area contributed by atoms with E-state index in [0.29, 0.717) is 0 Å². The average Bonchev–Trinajstić information content (AvgIpc) is 3.91. The Morgan fingerprint density at radius 2 is 1.36 bits per heavy atom. The van der Waals surface area contributed by atoms with Gasteiger partial charge in [0, 0.05) is 46.4 Å². The van der Waals surface area contributed by atoms with Gasteiger partial charge in [0.15, 0.2) is 0 Å². The molecule has 9 aromatic rings. The van der Waals surface area contributed by atoms with Crippen LogP contribution >= 0.6 is 22.7 Å². The van der Waals surface area contributed by atoms with Gasteiger partial charge in [0.25, 0.3) is 0 Å². The molecule has 0 amide bonds. The van der Waals surface area contributed by atoms with Crippen LogP contribution in [0.25, 0.3) is 83.4 Å². The molecule has 0 spiro atoms. The van der Waals surface area contributed by atoms with Gasteiger partial charge in [-0.3, -0.25) is 4.98 Å². The SMILES string of the molecule is Cn1c(-c2ccc3c4cc(-c5ccsc5)ccc4n(-c4cccc(-c5ccc(-c6ccsc6)cn5)c4)c3c2)nc2ccccc21. The number of para-hydroxylation sites is 2. The van der Waals surface area contributed by atoms with Gasteiger partial charge in [-0.15, -0.1) is 0 Å². The summed E-state index contributed by atoms with van der Waals surface area (Å²) in [6.45, 7) is 0. The zero-order valence-electron chi connectivity index (χ0n) is 24.4. The number of hydrogen-bond acceptors (Lipinski definition) is 4. The molecule has 5 aromatic heterocycles. The van der Waals surface area contributed by atoms with Gasteiger partial charge in [-0.25, -0.2) is 4.98 Å². The van der Waals surface area contributed by atoms with Gasteiger partial charge >= 0.3 is 0 Å². The summed E-state index contributed by atoms with van der Waals surface area (Å²) in [5, 5.41) is 11.1. The Morgan fingerprint density at radius 1 is 0.556 bits per heavy atom. The zero-order chi connectivity index (χ0) is 29.9. The van der Waals surface area contributed by atoms with Crippen LogP contribution in [0.3, 0.4) is 0 Å². The van der Waals surface area contributed by atoms with Crippen molar-refractivity contribution >= 4 is 55.5 Å². The van der Waals surface area contributed by atoms with Crippen molar-refractivity contribution in [1.29, 1.82) is 0 Å². The molecule has 0 saturated carbocycles. The number of fused-ring (bicyclic) bond motifs is 4. The summed E-state index contributed by atoms with van der Waals surface area (Å²) in [6.07, 6.45) is 1.97. The first kappa shape index (κ1) is 26.1. The number of aromatic nitrogens is 4. The zero-order valence-corrected chi connectivity index (χ0v) is 26.0. The smallest absolute Gasteiger partial charge is 0.140 e. The molecular weight excluding hydrogens is 589 g/mol. The van der Waals surface area contributed by atoms with E-state index in [1.54, 1.807) is 22.7 Å².